The van der Waals surface area contributed by atoms with Crippen molar-refractivity contribution in [2.75, 3.05) is 19.0 Å². The lowest BCUT2D eigenvalue weighted by molar-refractivity contribution is 0.382. The average molecular weight is 373 g/mol. The van der Waals surface area contributed by atoms with Crippen molar-refractivity contribution in [1.29, 1.82) is 0 Å². The number of halogens is 9. The average Bonchev–Trinajstić information content (AvgIpc) is 2.55. The largest absolute Gasteiger partial charge is 0.648 e. The molecule has 11 heteroatoms. The lowest BCUT2D eigenvalue weighted by atomic mass is 10.2. The number of rotatable bonds is 3. The van der Waals surface area contributed by atoms with E-state index in [1.807, 2.05) is 0 Å². The molecule has 0 heterocycles. The Balaban J connectivity index is 2.72. The first-order valence-corrected chi connectivity index (χ1v) is 6.27. The molecule has 0 radical (unpaired) electrons. The van der Waals surface area contributed by atoms with Crippen LogP contribution in [0.4, 0.5) is 56.6 Å². The van der Waals surface area contributed by atoms with Crippen molar-refractivity contribution in [3.8, 4) is 0 Å². The Kier molecular flexibility index (Phi) is 4.78. The van der Waals surface area contributed by atoms with E-state index in [2.05, 4.69) is 5.32 Å². The van der Waals surface area contributed by atoms with Crippen LogP contribution in [-0.2, 0) is 0 Å². The van der Waals surface area contributed by atoms with Crippen molar-refractivity contribution >= 4 is 17.1 Å². The van der Waals surface area contributed by atoms with Crippen molar-refractivity contribution in [2.24, 2.45) is 0 Å². The van der Waals surface area contributed by atoms with Gasteiger partial charge in [0.2, 0.25) is 0 Å². The number of hydrogen-bond donors (Lipinski definition) is 0. The molecule has 2 aromatic rings. The maximum absolute atomic E-state index is 13.9. The minimum absolute atomic E-state index is 0.666. The predicted molar refractivity (Wildman–Crippen MR) is 69.5 cm³/mol. The maximum atomic E-state index is 13.9. The van der Waals surface area contributed by atoms with Crippen LogP contribution in [0, 0.1) is 52.4 Å². The van der Waals surface area contributed by atoms with Crippen LogP contribution >= 0.6 is 0 Å². The second kappa shape index (κ2) is 6.37. The Morgan fingerprint density at radius 1 is 0.480 bits per heavy atom. The van der Waals surface area contributed by atoms with E-state index in [1.54, 1.807) is 0 Å². The highest BCUT2D eigenvalue weighted by Gasteiger charge is 2.25. The van der Waals surface area contributed by atoms with Gasteiger partial charge in [-0.3, -0.25) is 0 Å². The molecule has 2 nitrogen and oxygen atoms in total. The molecule has 0 spiro atoms. The van der Waals surface area contributed by atoms with Crippen LogP contribution in [0.15, 0.2) is 0 Å². The van der Waals surface area contributed by atoms with Crippen LogP contribution in [0.2, 0.25) is 0 Å². The third-order valence-corrected chi connectivity index (χ3v) is 3.07. The van der Waals surface area contributed by atoms with Crippen molar-refractivity contribution in [3.63, 3.8) is 0 Å². The second-order valence-corrected chi connectivity index (χ2v) is 4.88. The molecule has 0 aromatic heterocycles. The summed E-state index contributed by atoms with van der Waals surface area (Å²) in [5, 5.41) is 2.58. The molecule has 0 saturated heterocycles. The molecule has 0 bridgehead atoms. The van der Waals surface area contributed by atoms with E-state index < -0.39 is 69.4 Å². The topological polar surface area (TPSA) is 17.3 Å². The lowest BCUT2D eigenvalue weighted by Crippen LogP contribution is -2.15. The molecule has 136 valence electrons. The smallest absolute Gasteiger partial charge is 0.200 e. The van der Waals surface area contributed by atoms with Crippen molar-refractivity contribution in [1.82, 2.24) is 0 Å². The van der Waals surface area contributed by atoms with Gasteiger partial charge in [0, 0.05) is 14.1 Å². The molecule has 0 saturated carbocycles. The summed E-state index contributed by atoms with van der Waals surface area (Å²) in [5.74, 6) is -20.7. The summed E-state index contributed by atoms with van der Waals surface area (Å²) in [6.07, 6.45) is 0. The summed E-state index contributed by atoms with van der Waals surface area (Å²) >= 11 is 0. The van der Waals surface area contributed by atoms with Gasteiger partial charge in [-0.1, -0.05) is 11.4 Å². The molecule has 25 heavy (non-hydrogen) atoms. The monoisotopic (exact) mass is 373 g/mol. The molecule has 0 aliphatic carbocycles. The summed E-state index contributed by atoms with van der Waals surface area (Å²) in [7, 11) is 2.09. The van der Waals surface area contributed by atoms with Gasteiger partial charge in [-0.15, -0.1) is 0 Å². The normalized spacial score (nSPS) is 11.0. The SMILES string of the molecule is CN(C)c1c(F)c(F)c([N-]c2c(F)c(F)c(F)c(F)c2F)c(F)c1F. The van der Waals surface area contributed by atoms with Gasteiger partial charge in [0.15, 0.2) is 29.1 Å². The van der Waals surface area contributed by atoms with Crippen LogP contribution in [0.25, 0.3) is 5.32 Å². The van der Waals surface area contributed by atoms with Gasteiger partial charge in [0.1, 0.15) is 29.0 Å². The first-order valence-electron chi connectivity index (χ1n) is 6.27. The highest BCUT2D eigenvalue weighted by atomic mass is 19.2. The molecule has 0 aliphatic rings. The minimum atomic E-state index is -2.53. The van der Waals surface area contributed by atoms with E-state index in [0.29, 0.717) is 4.90 Å². The van der Waals surface area contributed by atoms with Crippen LogP contribution in [0.3, 0.4) is 0 Å². The van der Waals surface area contributed by atoms with Crippen LogP contribution < -0.4 is 4.90 Å². The second-order valence-electron chi connectivity index (χ2n) is 4.88. The number of benzene rings is 2. The van der Waals surface area contributed by atoms with Gasteiger partial charge in [-0.25, -0.2) is 39.5 Å². The third kappa shape index (κ3) is 2.83. The van der Waals surface area contributed by atoms with E-state index in [0.717, 1.165) is 14.1 Å². The molecular formula is C14H6F9N2-. The molecule has 0 aliphatic heterocycles. The highest BCUT2D eigenvalue weighted by Crippen LogP contribution is 2.43. The fraction of sp³-hybridized carbons (Fsp3) is 0.143. The lowest BCUT2D eigenvalue weighted by Gasteiger charge is -2.27. The predicted octanol–water partition coefficient (Wildman–Crippen LogP) is 5.34. The third-order valence-electron chi connectivity index (χ3n) is 3.07. The fourth-order valence-electron chi connectivity index (χ4n) is 1.90. The molecule has 0 N–H and O–H groups in total. The zero-order chi connectivity index (χ0) is 19.2. The van der Waals surface area contributed by atoms with E-state index in [4.69, 9.17) is 0 Å². The fourth-order valence-corrected chi connectivity index (χ4v) is 1.90. The van der Waals surface area contributed by atoms with Gasteiger partial charge >= 0.3 is 0 Å². The summed E-state index contributed by atoms with van der Waals surface area (Å²) < 4.78 is 121. The first kappa shape index (κ1) is 18.7. The van der Waals surface area contributed by atoms with Crippen molar-refractivity contribution in [2.45, 2.75) is 0 Å². The quantitative estimate of drug-likeness (QED) is 0.403. The molecule has 0 unspecified atom stereocenters. The number of anilines is 1. The summed E-state index contributed by atoms with van der Waals surface area (Å²) in [6.45, 7) is 0. The minimum Gasteiger partial charge on any atom is -0.648 e. The molecule has 0 atom stereocenters. The van der Waals surface area contributed by atoms with E-state index >= 15 is 0 Å². The van der Waals surface area contributed by atoms with Crippen LogP contribution in [-0.4, -0.2) is 14.1 Å². The van der Waals surface area contributed by atoms with Gasteiger partial charge < -0.3 is 10.2 Å². The Morgan fingerprint density at radius 2 is 0.760 bits per heavy atom. The summed E-state index contributed by atoms with van der Waals surface area (Å²) in [4.78, 5) is 0.666. The molecule has 0 fully saturated rings. The summed E-state index contributed by atoms with van der Waals surface area (Å²) in [5.41, 5.74) is -5.04. The van der Waals surface area contributed by atoms with E-state index in [9.17, 15) is 39.5 Å². The zero-order valence-corrected chi connectivity index (χ0v) is 12.3. The van der Waals surface area contributed by atoms with Gasteiger partial charge in [-0.05, 0) is 0 Å². The van der Waals surface area contributed by atoms with E-state index in [-0.39, 0.29) is 0 Å². The standard InChI is InChI=1S/C14H6F9N2/c1-25(2)14-10(22)8(20)13(9(21)11(14)23)24-12-6(18)4(16)3(15)5(17)7(12)19/h1-2H3/q-1. The zero-order valence-electron chi connectivity index (χ0n) is 12.3. The molecule has 2 rings (SSSR count). The van der Waals surface area contributed by atoms with Gasteiger partial charge in [-0.2, -0.15) is 0 Å². The Labute approximate surface area is 134 Å². The van der Waals surface area contributed by atoms with E-state index in [1.165, 1.54) is 0 Å². The van der Waals surface area contributed by atoms with Gasteiger partial charge in [0.05, 0.1) is 0 Å². The molecule has 0 amide bonds. The summed E-state index contributed by atoms with van der Waals surface area (Å²) in [6, 6.07) is 0. The number of nitrogens with zero attached hydrogens (tertiary/aromatic N) is 2. The number of hydrogen-bond acceptors (Lipinski definition) is 1. The Bertz CT molecular complexity index is 806. The first-order chi connectivity index (χ1) is 11.5. The molecule has 2 aromatic carbocycles. The van der Waals surface area contributed by atoms with Crippen LogP contribution in [0.5, 0.6) is 0 Å². The highest BCUT2D eigenvalue weighted by molar-refractivity contribution is 5.71. The van der Waals surface area contributed by atoms with Crippen molar-refractivity contribution < 1.29 is 39.5 Å². The molecular weight excluding hydrogens is 367 g/mol. The van der Waals surface area contributed by atoms with Gasteiger partial charge in [0.25, 0.3) is 0 Å². The van der Waals surface area contributed by atoms with Crippen LogP contribution in [0.1, 0.15) is 0 Å². The Morgan fingerprint density at radius 3 is 1.08 bits per heavy atom. The van der Waals surface area contributed by atoms with Crippen molar-refractivity contribution in [3.05, 3.63) is 57.7 Å². The maximum Gasteiger partial charge on any atom is 0.200 e. The Hall–Kier alpha value is -2.59.